The quantitative estimate of drug-likeness (QED) is 0.0162. The number of nitrogens with zero attached hydrogens (tertiary/aromatic N) is 3. The Morgan fingerprint density at radius 2 is 0.825 bits per heavy atom. The number of aliphatic hydroxyl groups is 2. The Bertz CT molecular complexity index is 4250. The number of esters is 3. The largest absolute Gasteiger partial charge is 0.489 e. The molecule has 0 spiro atoms. The van der Waals surface area contributed by atoms with Gasteiger partial charge in [0, 0.05) is 88.3 Å². The molecule has 3 aliphatic carbocycles. The zero-order valence-electron chi connectivity index (χ0n) is 57.1. The molecule has 3 unspecified atom stereocenters. The number of aromatic nitrogens is 3. The first kappa shape index (κ1) is 72.1. The number of carbonyl (C=O) groups excluding carboxylic acids is 4. The molecule has 17 nitrogen and oxygen atoms in total. The van der Waals surface area contributed by atoms with Crippen molar-refractivity contribution < 1.29 is 63.0 Å². The first-order valence-corrected chi connectivity index (χ1v) is 32.8. The monoisotopic (exact) mass is 1310 g/mol. The predicted molar refractivity (Wildman–Crippen MR) is 373 cm³/mol. The van der Waals surface area contributed by atoms with Gasteiger partial charge in [0.2, 0.25) is 5.91 Å². The molecule has 505 valence electrons. The highest BCUT2D eigenvalue weighted by Crippen LogP contribution is 2.58. The molecule has 3 fully saturated rings. The average molecular weight is 1310 g/mol. The summed E-state index contributed by atoms with van der Waals surface area (Å²) in [6.07, 6.45) is 3.31. The fourth-order valence-electron chi connectivity index (χ4n) is 12.8. The molecule has 9 aromatic rings. The van der Waals surface area contributed by atoms with E-state index in [0.717, 1.165) is 100 Å². The minimum atomic E-state index is -0.867. The molecular weight excluding hydrogens is 1220 g/mol. The number of aryl methyl sites for hydroxylation is 3. The molecule has 3 aliphatic rings. The number of pyridine rings is 3. The second kappa shape index (κ2) is 30.5. The Morgan fingerprint density at radius 1 is 0.485 bits per heavy atom. The maximum absolute atomic E-state index is 12.8. The van der Waals surface area contributed by atoms with Crippen molar-refractivity contribution in [3.63, 3.8) is 0 Å². The lowest BCUT2D eigenvalue weighted by atomic mass is 9.93. The minimum Gasteiger partial charge on any atom is -0.489 e. The van der Waals surface area contributed by atoms with Crippen LogP contribution in [-0.4, -0.2) is 93.6 Å². The van der Waals surface area contributed by atoms with Gasteiger partial charge in [0.15, 0.2) is 0 Å². The number of ether oxygens (including phenoxy) is 6. The van der Waals surface area contributed by atoms with E-state index in [-0.39, 0.29) is 58.0 Å². The van der Waals surface area contributed by atoms with Crippen LogP contribution < -0.4 is 19.7 Å². The van der Waals surface area contributed by atoms with E-state index in [0.29, 0.717) is 58.3 Å². The fourth-order valence-corrected chi connectivity index (χ4v) is 12.8. The molecule has 1 amide bonds. The number of hydrogen-bond donors (Lipinski definition) is 4. The molecule has 12 rings (SSSR count). The molecule has 6 atom stereocenters. The van der Waals surface area contributed by atoms with E-state index < -0.39 is 39.3 Å². The lowest BCUT2D eigenvalue weighted by Gasteiger charge is -2.21. The molecule has 3 saturated carbocycles. The highest BCUT2D eigenvalue weighted by atomic mass is 16.6. The third kappa shape index (κ3) is 18.1. The number of fused-ring (bicyclic) bond motifs is 3. The summed E-state index contributed by atoms with van der Waals surface area (Å²) in [5.41, 5.74) is 10.9. The van der Waals surface area contributed by atoms with Gasteiger partial charge in [0.1, 0.15) is 48.3 Å². The van der Waals surface area contributed by atoms with Gasteiger partial charge in [0.05, 0.1) is 40.4 Å². The van der Waals surface area contributed by atoms with Crippen LogP contribution in [-0.2, 0) is 72.5 Å². The number of benzene rings is 6. The molecular formula is C79H88BN4O13. The van der Waals surface area contributed by atoms with Crippen LogP contribution in [0.5, 0.6) is 17.2 Å². The van der Waals surface area contributed by atoms with E-state index in [4.69, 9.17) is 33.6 Å². The van der Waals surface area contributed by atoms with Gasteiger partial charge in [0.25, 0.3) is 0 Å². The zero-order chi connectivity index (χ0) is 68.6. The standard InChI is InChI=1S/C29H33NO5.C27H31NO4.C23H24N2O4.B/c1-6-33-27(32)29(17-24(29)26(31)35-28(3,4)5)16-20-11-13-22(14-12-20)34-18-21-15-19(2)30-25-10-8-7-9-23(21)25;1-18-13-20(22-7-5-6-8-24(22)28-18)16-31-21-11-9-19(10-12-21)14-27(17-29)15-23(27)25(30)32-26(2,3)4;1-15-10-17(19-4-2-3-5-21(19)24-15)13-29-18-8-6-16(7-9-18)11-23(14-26)12-20(23)22(27)25-28;/h7-15,24H,6,16-18H2,1-5H3;5-13,23,29H,14-17H2,1-4H3;2-10,20,26,28H,11-14H2,1H3,(H,25,27);/t24?,29-;23?,27-;20?,23-;/m011./s1. The number of rotatable bonds is 22. The summed E-state index contributed by atoms with van der Waals surface area (Å²) in [5, 5.41) is 31.8. The van der Waals surface area contributed by atoms with Crippen LogP contribution in [0.25, 0.3) is 32.7 Å². The molecule has 18 heteroatoms. The van der Waals surface area contributed by atoms with E-state index >= 15 is 0 Å². The lowest BCUT2D eigenvalue weighted by molar-refractivity contribution is -0.162. The smallest absolute Gasteiger partial charge is 0.313 e. The first-order valence-electron chi connectivity index (χ1n) is 32.8. The van der Waals surface area contributed by atoms with Crippen molar-refractivity contribution in [2.24, 2.45) is 34.0 Å². The molecule has 6 aromatic carbocycles. The van der Waals surface area contributed by atoms with E-state index in [9.17, 15) is 29.4 Å². The summed E-state index contributed by atoms with van der Waals surface area (Å²) in [6.45, 7) is 20.3. The summed E-state index contributed by atoms with van der Waals surface area (Å²) >= 11 is 0. The van der Waals surface area contributed by atoms with Crippen molar-refractivity contribution in [2.75, 3.05) is 19.8 Å². The SMILES string of the molecule is CCOC(=O)[C@@]1(Cc2ccc(OCc3cc(C)nc4ccccc34)cc2)CC1C(=O)OC(C)(C)C.Cc1cc(COc2ccc(C[C@]3(CO)CC3C(=O)NO)cc2)c2ccccc2n1.Cc1cc(COc2ccc(C[C@]3(CO)CC3C(=O)OC(C)(C)C)cc2)c2ccccc2n1.[B]. The maximum Gasteiger partial charge on any atom is 0.313 e. The van der Waals surface area contributed by atoms with Crippen LogP contribution in [0, 0.1) is 54.8 Å². The van der Waals surface area contributed by atoms with E-state index in [1.54, 1.807) is 12.4 Å². The second-order valence-corrected chi connectivity index (χ2v) is 27.9. The van der Waals surface area contributed by atoms with Gasteiger partial charge in [-0.15, -0.1) is 0 Å². The van der Waals surface area contributed by atoms with Gasteiger partial charge >= 0.3 is 17.9 Å². The fraction of sp³-hybridized carbons (Fsp3) is 0.380. The Labute approximate surface area is 569 Å². The van der Waals surface area contributed by atoms with Crippen molar-refractivity contribution >= 4 is 64.9 Å². The molecule has 97 heavy (non-hydrogen) atoms. The van der Waals surface area contributed by atoms with Crippen molar-refractivity contribution in [1.29, 1.82) is 0 Å². The van der Waals surface area contributed by atoms with Crippen molar-refractivity contribution in [1.82, 2.24) is 20.4 Å². The van der Waals surface area contributed by atoms with Crippen LogP contribution in [0.1, 0.15) is 118 Å². The van der Waals surface area contributed by atoms with Crippen molar-refractivity contribution in [3.05, 3.63) is 214 Å². The Kier molecular flexibility index (Phi) is 22.6. The number of carbonyl (C=O) groups is 4. The summed E-state index contributed by atoms with van der Waals surface area (Å²) in [5.74, 6) is -0.137. The molecule has 0 bridgehead atoms. The normalized spacial score (nSPS) is 19.7. The third-order valence-corrected chi connectivity index (χ3v) is 18.0. The van der Waals surface area contributed by atoms with Gasteiger partial charge in [-0.1, -0.05) is 91.0 Å². The maximum atomic E-state index is 12.8. The van der Waals surface area contributed by atoms with Crippen LogP contribution in [0.4, 0.5) is 0 Å². The average Bonchev–Trinajstić information content (AvgIpc) is 1.58. The van der Waals surface area contributed by atoms with E-state index in [1.807, 2.05) is 208 Å². The predicted octanol–water partition coefficient (Wildman–Crippen LogP) is 13.4. The molecule has 3 aromatic heterocycles. The van der Waals surface area contributed by atoms with Crippen molar-refractivity contribution in [2.45, 2.75) is 139 Å². The number of aliphatic hydroxyl groups excluding tert-OH is 2. The molecule has 3 heterocycles. The molecule has 4 N–H and O–H groups in total. The van der Waals surface area contributed by atoms with Gasteiger partial charge in [-0.2, -0.15) is 0 Å². The lowest BCUT2D eigenvalue weighted by Crippen LogP contribution is -2.30. The number of hydrogen-bond acceptors (Lipinski definition) is 16. The second-order valence-electron chi connectivity index (χ2n) is 27.9. The summed E-state index contributed by atoms with van der Waals surface area (Å²) < 4.78 is 34.5. The molecule has 0 aliphatic heterocycles. The third-order valence-electron chi connectivity index (χ3n) is 18.0. The Hall–Kier alpha value is -9.23. The van der Waals surface area contributed by atoms with E-state index in [2.05, 4.69) is 33.2 Å². The van der Waals surface area contributed by atoms with E-state index in [1.165, 1.54) is 0 Å². The van der Waals surface area contributed by atoms with Gasteiger partial charge < -0.3 is 38.6 Å². The number of hydroxylamine groups is 1. The molecule has 3 radical (unpaired) electrons. The Morgan fingerprint density at radius 3 is 1.18 bits per heavy atom. The summed E-state index contributed by atoms with van der Waals surface area (Å²) in [4.78, 5) is 63.3. The van der Waals surface area contributed by atoms with Crippen LogP contribution in [0.2, 0.25) is 0 Å². The Balaban J connectivity index is 0.000000170. The highest BCUT2D eigenvalue weighted by Gasteiger charge is 2.66. The number of amides is 1. The topological polar surface area (TPSA) is 235 Å². The number of nitrogens with one attached hydrogen (secondary N) is 1. The van der Waals surface area contributed by atoms with Crippen LogP contribution in [0.3, 0.4) is 0 Å². The zero-order valence-corrected chi connectivity index (χ0v) is 57.1. The minimum absolute atomic E-state index is 0. The van der Waals surface area contributed by atoms with Crippen molar-refractivity contribution in [3.8, 4) is 17.2 Å². The van der Waals surface area contributed by atoms with Crippen LogP contribution >= 0.6 is 0 Å². The number of para-hydroxylation sites is 3. The summed E-state index contributed by atoms with van der Waals surface area (Å²) in [7, 11) is 0. The molecule has 0 saturated heterocycles. The highest BCUT2D eigenvalue weighted by molar-refractivity contribution is 5.92. The van der Waals surface area contributed by atoms with Gasteiger partial charge in [-0.05, 0) is 197 Å². The van der Waals surface area contributed by atoms with Gasteiger partial charge in [-0.25, -0.2) is 5.48 Å². The van der Waals surface area contributed by atoms with Gasteiger partial charge in [-0.3, -0.25) is 39.3 Å². The van der Waals surface area contributed by atoms with Crippen LogP contribution in [0.15, 0.2) is 164 Å². The first-order chi connectivity index (χ1) is 45.8. The summed E-state index contributed by atoms with van der Waals surface area (Å²) in [6, 6.07) is 53.6.